The highest BCUT2D eigenvalue weighted by Crippen LogP contribution is 2.25. The van der Waals surface area contributed by atoms with E-state index in [9.17, 15) is 53.0 Å². The molecule has 39 heavy (non-hydrogen) atoms. The van der Waals surface area contributed by atoms with Crippen LogP contribution in [0.25, 0.3) is 0 Å². The summed E-state index contributed by atoms with van der Waals surface area (Å²) < 4.78 is 30.9. The van der Waals surface area contributed by atoms with Crippen LogP contribution in [0, 0.1) is 37.8 Å². The van der Waals surface area contributed by atoms with Gasteiger partial charge in [-0.3, -0.25) is 44.2 Å². The van der Waals surface area contributed by atoms with Crippen LogP contribution < -0.4 is 0 Å². The van der Waals surface area contributed by atoms with Crippen LogP contribution in [0.15, 0.2) is 36.4 Å². The summed E-state index contributed by atoms with van der Waals surface area (Å²) in [5.41, 5.74) is -3.15. The fourth-order valence-electron chi connectivity index (χ4n) is 3.05. The van der Waals surface area contributed by atoms with Crippen LogP contribution in [0.2, 0.25) is 0 Å². The number of carbonyl (C=O) groups is 5. The van der Waals surface area contributed by atoms with Crippen LogP contribution >= 0.6 is 0 Å². The molecule has 12 nitrogen and oxygen atoms in total. The highest BCUT2D eigenvalue weighted by atomic mass is 19.1. The van der Waals surface area contributed by atoms with Crippen molar-refractivity contribution < 1.29 is 47.3 Å². The standard InChI is InChI=1S/C15H16FNO6.C10H8FNO4/c1-8(18)12(14(20)23-15(2,3)4)13(19)10-6-5-9(16)7-11(10)17(21)22;1-6(13)4-10(14)8-3-2-7(11)5-9(8)12(15)16/h5-7,12H,1-4H3;2-3,5H,4H2,1H3. The monoisotopic (exact) mass is 550 g/mol. The lowest BCUT2D eigenvalue weighted by Crippen LogP contribution is -2.36. The Morgan fingerprint density at radius 2 is 1.28 bits per heavy atom. The first-order valence-electron chi connectivity index (χ1n) is 11.0. The zero-order chi connectivity index (χ0) is 30.2. The molecule has 0 fully saturated rings. The Balaban J connectivity index is 0.000000416. The summed E-state index contributed by atoms with van der Waals surface area (Å²) in [6, 6.07) is 4.88. The highest BCUT2D eigenvalue weighted by molar-refractivity contribution is 6.23. The van der Waals surface area contributed by atoms with E-state index in [4.69, 9.17) is 4.74 Å². The summed E-state index contributed by atoms with van der Waals surface area (Å²) in [6.45, 7) is 6.85. The fraction of sp³-hybridized carbons (Fsp3) is 0.320. The van der Waals surface area contributed by atoms with E-state index in [2.05, 4.69) is 0 Å². The number of benzene rings is 2. The summed E-state index contributed by atoms with van der Waals surface area (Å²) in [4.78, 5) is 78.0. The summed E-state index contributed by atoms with van der Waals surface area (Å²) >= 11 is 0. The first-order valence-corrected chi connectivity index (χ1v) is 11.0. The molecule has 1 atom stereocenters. The number of halogens is 2. The maximum Gasteiger partial charge on any atom is 0.325 e. The summed E-state index contributed by atoms with van der Waals surface area (Å²) in [7, 11) is 0. The molecule has 0 amide bonds. The molecule has 0 N–H and O–H groups in total. The molecule has 0 radical (unpaired) electrons. The van der Waals surface area contributed by atoms with E-state index in [1.54, 1.807) is 20.8 Å². The molecule has 0 aliphatic carbocycles. The number of carbonyl (C=O) groups excluding carboxylic acids is 5. The van der Waals surface area contributed by atoms with Gasteiger partial charge in [0.25, 0.3) is 11.4 Å². The molecule has 14 heteroatoms. The van der Waals surface area contributed by atoms with Gasteiger partial charge < -0.3 is 4.74 Å². The molecule has 2 rings (SSSR count). The van der Waals surface area contributed by atoms with Gasteiger partial charge in [-0.1, -0.05) is 0 Å². The minimum Gasteiger partial charge on any atom is -0.459 e. The molecule has 0 spiro atoms. The Morgan fingerprint density at radius 1 is 0.846 bits per heavy atom. The third kappa shape index (κ3) is 9.57. The van der Waals surface area contributed by atoms with E-state index in [0.717, 1.165) is 31.2 Å². The second-order valence-corrected chi connectivity index (χ2v) is 9.08. The normalized spacial score (nSPS) is 11.4. The van der Waals surface area contributed by atoms with Crippen molar-refractivity contribution in [3.8, 4) is 0 Å². The van der Waals surface area contributed by atoms with Crippen molar-refractivity contribution in [1.29, 1.82) is 0 Å². The van der Waals surface area contributed by atoms with Gasteiger partial charge in [0.15, 0.2) is 23.3 Å². The molecule has 0 saturated heterocycles. The average molecular weight is 550 g/mol. The summed E-state index contributed by atoms with van der Waals surface area (Å²) in [6.07, 6.45) is -0.424. The number of ether oxygens (including phenoxy) is 1. The minimum absolute atomic E-state index is 0.249. The fourth-order valence-corrected chi connectivity index (χ4v) is 3.05. The number of nitro groups is 2. The third-order valence-corrected chi connectivity index (χ3v) is 4.60. The van der Waals surface area contributed by atoms with Gasteiger partial charge in [0.05, 0.1) is 39.5 Å². The largest absolute Gasteiger partial charge is 0.459 e. The summed E-state index contributed by atoms with van der Waals surface area (Å²) in [5, 5.41) is 21.5. The lowest BCUT2D eigenvalue weighted by molar-refractivity contribution is -0.385. The Bertz CT molecular complexity index is 1350. The van der Waals surface area contributed by atoms with Gasteiger partial charge >= 0.3 is 5.97 Å². The number of nitrogens with zero attached hydrogens (tertiary/aromatic N) is 2. The quantitative estimate of drug-likeness (QED) is 0.143. The molecule has 0 saturated carbocycles. The molecular formula is C25H24F2N2O10. The number of esters is 1. The maximum absolute atomic E-state index is 13.1. The third-order valence-electron chi connectivity index (χ3n) is 4.60. The van der Waals surface area contributed by atoms with Gasteiger partial charge in [-0.15, -0.1) is 0 Å². The van der Waals surface area contributed by atoms with E-state index in [0.29, 0.717) is 12.1 Å². The Labute approximate surface area is 220 Å². The molecule has 0 aliphatic heterocycles. The average Bonchev–Trinajstić information content (AvgIpc) is 2.77. The highest BCUT2D eigenvalue weighted by Gasteiger charge is 2.38. The number of hydrogen-bond acceptors (Lipinski definition) is 10. The van der Waals surface area contributed by atoms with Gasteiger partial charge in [0.2, 0.25) is 0 Å². The number of nitro benzene ring substituents is 2. The summed E-state index contributed by atoms with van der Waals surface area (Å²) in [5.74, 6) is -7.65. The van der Waals surface area contributed by atoms with E-state index >= 15 is 0 Å². The first-order chi connectivity index (χ1) is 17.8. The molecule has 2 aromatic carbocycles. The molecule has 0 aromatic heterocycles. The van der Waals surface area contributed by atoms with Gasteiger partial charge in [-0.25, -0.2) is 8.78 Å². The molecule has 1 unspecified atom stereocenters. The molecule has 0 heterocycles. The number of Topliss-reactive ketones (excluding diaryl/α,β-unsaturated/α-hetero) is 4. The van der Waals surface area contributed by atoms with Crippen molar-refractivity contribution >= 4 is 40.5 Å². The first kappa shape index (κ1) is 32.3. The smallest absolute Gasteiger partial charge is 0.325 e. The second-order valence-electron chi connectivity index (χ2n) is 9.08. The SMILES string of the molecule is CC(=O)C(C(=O)OC(C)(C)C)C(=O)c1ccc(F)cc1[N+](=O)[O-].CC(=O)CC(=O)c1ccc(F)cc1[N+](=O)[O-]. The van der Waals surface area contributed by atoms with Crippen LogP contribution in [-0.2, 0) is 19.1 Å². The van der Waals surface area contributed by atoms with Crippen LogP contribution in [-0.4, -0.2) is 44.5 Å². The van der Waals surface area contributed by atoms with Gasteiger partial charge in [-0.2, -0.15) is 0 Å². The van der Waals surface area contributed by atoms with Crippen LogP contribution in [0.4, 0.5) is 20.2 Å². The zero-order valence-electron chi connectivity index (χ0n) is 21.5. The zero-order valence-corrected chi connectivity index (χ0v) is 21.5. The van der Waals surface area contributed by atoms with Crippen molar-refractivity contribution in [3.05, 3.63) is 79.4 Å². The minimum atomic E-state index is -1.83. The van der Waals surface area contributed by atoms with Gasteiger partial charge in [-0.05, 0) is 58.9 Å². The molecule has 0 aliphatic rings. The predicted molar refractivity (Wildman–Crippen MR) is 130 cm³/mol. The van der Waals surface area contributed by atoms with E-state index in [1.165, 1.54) is 6.92 Å². The molecule has 208 valence electrons. The lowest BCUT2D eigenvalue weighted by Gasteiger charge is -2.22. The van der Waals surface area contributed by atoms with E-state index in [1.807, 2.05) is 0 Å². The van der Waals surface area contributed by atoms with Gasteiger partial charge in [0.1, 0.15) is 23.0 Å². The van der Waals surface area contributed by atoms with E-state index < -0.39 is 85.5 Å². The van der Waals surface area contributed by atoms with Crippen LogP contribution in [0.3, 0.4) is 0 Å². The Kier molecular flexibility index (Phi) is 10.9. The number of hydrogen-bond donors (Lipinski definition) is 0. The van der Waals surface area contributed by atoms with Crippen LogP contribution in [0.1, 0.15) is 61.8 Å². The van der Waals surface area contributed by atoms with Crippen molar-refractivity contribution in [1.82, 2.24) is 0 Å². The van der Waals surface area contributed by atoms with Crippen molar-refractivity contribution in [2.45, 2.75) is 46.6 Å². The number of rotatable bonds is 9. The van der Waals surface area contributed by atoms with Crippen LogP contribution in [0.5, 0.6) is 0 Å². The van der Waals surface area contributed by atoms with E-state index in [-0.39, 0.29) is 5.56 Å². The second kappa shape index (κ2) is 13.2. The molecule has 0 bridgehead atoms. The van der Waals surface area contributed by atoms with Crippen molar-refractivity contribution in [2.24, 2.45) is 5.92 Å². The topological polar surface area (TPSA) is 181 Å². The predicted octanol–water partition coefficient (Wildman–Crippen LogP) is 4.36. The lowest BCUT2D eigenvalue weighted by atomic mass is 9.93. The molecular weight excluding hydrogens is 526 g/mol. The molecule has 2 aromatic rings. The van der Waals surface area contributed by atoms with Crippen molar-refractivity contribution in [2.75, 3.05) is 0 Å². The maximum atomic E-state index is 13.1. The van der Waals surface area contributed by atoms with Gasteiger partial charge in [0, 0.05) is 0 Å². The Morgan fingerprint density at radius 3 is 1.67 bits per heavy atom. The number of ketones is 4. The Hall–Kier alpha value is -4.75. The van der Waals surface area contributed by atoms with Crippen molar-refractivity contribution in [3.63, 3.8) is 0 Å².